The predicted octanol–water partition coefficient (Wildman–Crippen LogP) is -0.117. The molecule has 0 saturated carbocycles. The van der Waals surface area contributed by atoms with Gasteiger partial charge >= 0.3 is 6.09 Å². The molecule has 17 heavy (non-hydrogen) atoms. The summed E-state index contributed by atoms with van der Waals surface area (Å²) in [6.07, 6.45) is -0.547. The van der Waals surface area contributed by atoms with Gasteiger partial charge in [-0.2, -0.15) is 0 Å². The molecule has 0 aromatic heterocycles. The number of carbonyl (C=O) groups excluding carboxylic acids is 1. The number of ether oxygens (including phenoxy) is 1. The molecule has 0 bridgehead atoms. The maximum Gasteiger partial charge on any atom is 0.407 e. The summed E-state index contributed by atoms with van der Waals surface area (Å²) in [6.45, 7) is 5.52. The first-order valence-corrected chi connectivity index (χ1v) is 7.34. The van der Waals surface area contributed by atoms with E-state index in [2.05, 4.69) is 5.32 Å². The molecule has 2 unspecified atom stereocenters. The van der Waals surface area contributed by atoms with Crippen molar-refractivity contribution < 1.29 is 17.9 Å². The van der Waals surface area contributed by atoms with Crippen molar-refractivity contribution in [3.8, 4) is 0 Å². The summed E-state index contributed by atoms with van der Waals surface area (Å²) >= 11 is 0. The lowest BCUT2D eigenvalue weighted by atomic mass is 10.1. The normalized spacial score (nSPS) is 27.8. The van der Waals surface area contributed by atoms with E-state index >= 15 is 0 Å². The van der Waals surface area contributed by atoms with Crippen LogP contribution in [0.3, 0.4) is 0 Å². The highest BCUT2D eigenvalue weighted by atomic mass is 32.2. The fraction of sp³-hybridized carbons (Fsp3) is 0.900. The van der Waals surface area contributed by atoms with Crippen LogP contribution in [0.5, 0.6) is 0 Å². The van der Waals surface area contributed by atoms with E-state index in [-0.39, 0.29) is 24.0 Å². The Kier molecular flexibility index (Phi) is 4.03. The molecule has 0 spiro atoms. The van der Waals surface area contributed by atoms with Crippen LogP contribution in [0, 0.1) is 5.92 Å². The van der Waals surface area contributed by atoms with Crippen molar-refractivity contribution in [2.24, 2.45) is 11.7 Å². The second-order valence-corrected chi connectivity index (χ2v) is 7.54. The predicted molar refractivity (Wildman–Crippen MR) is 64.4 cm³/mol. The zero-order valence-electron chi connectivity index (χ0n) is 10.4. The minimum atomic E-state index is -3.04. The SMILES string of the molecule is CC(C)(C)OC(=O)NCC1CS(=O)(=O)CC1N. The fourth-order valence-corrected chi connectivity index (χ4v) is 3.70. The number of alkyl carbamates (subject to hydrolysis) is 1. The summed E-state index contributed by atoms with van der Waals surface area (Å²) < 4.78 is 27.6. The maximum absolute atomic E-state index is 11.4. The van der Waals surface area contributed by atoms with Crippen molar-refractivity contribution in [1.82, 2.24) is 5.32 Å². The van der Waals surface area contributed by atoms with Crippen LogP contribution in [0.2, 0.25) is 0 Å². The molecule has 0 radical (unpaired) electrons. The lowest BCUT2D eigenvalue weighted by Crippen LogP contribution is -2.40. The van der Waals surface area contributed by atoms with Gasteiger partial charge in [0.2, 0.25) is 0 Å². The molecular weight excluding hydrogens is 244 g/mol. The number of rotatable bonds is 2. The van der Waals surface area contributed by atoms with Gasteiger partial charge in [0.15, 0.2) is 9.84 Å². The van der Waals surface area contributed by atoms with Gasteiger partial charge in [-0.15, -0.1) is 0 Å². The van der Waals surface area contributed by atoms with E-state index in [4.69, 9.17) is 10.5 Å². The fourth-order valence-electron chi connectivity index (χ4n) is 1.69. The van der Waals surface area contributed by atoms with Crippen molar-refractivity contribution in [1.29, 1.82) is 0 Å². The Labute approximate surface area is 102 Å². The van der Waals surface area contributed by atoms with Gasteiger partial charge in [-0.05, 0) is 20.8 Å². The lowest BCUT2D eigenvalue weighted by Gasteiger charge is -2.21. The second-order valence-electron chi connectivity index (χ2n) is 5.38. The number of amides is 1. The lowest BCUT2D eigenvalue weighted by molar-refractivity contribution is 0.0520. The summed E-state index contributed by atoms with van der Waals surface area (Å²) in [6, 6.07) is -0.407. The van der Waals surface area contributed by atoms with E-state index in [1.165, 1.54) is 0 Å². The zero-order chi connectivity index (χ0) is 13.3. The Morgan fingerprint density at radius 2 is 2.00 bits per heavy atom. The number of nitrogens with one attached hydrogen (secondary N) is 1. The Morgan fingerprint density at radius 1 is 1.41 bits per heavy atom. The Balaban J connectivity index is 2.40. The van der Waals surface area contributed by atoms with Crippen LogP contribution in [-0.4, -0.2) is 44.2 Å². The van der Waals surface area contributed by atoms with Crippen LogP contribution < -0.4 is 11.1 Å². The first-order chi connectivity index (χ1) is 7.59. The molecule has 3 N–H and O–H groups in total. The van der Waals surface area contributed by atoms with Crippen LogP contribution in [-0.2, 0) is 14.6 Å². The first kappa shape index (κ1) is 14.2. The third kappa shape index (κ3) is 4.91. The molecule has 1 amide bonds. The zero-order valence-corrected chi connectivity index (χ0v) is 11.2. The minimum Gasteiger partial charge on any atom is -0.444 e. The highest BCUT2D eigenvalue weighted by Gasteiger charge is 2.35. The number of carbonyl (C=O) groups is 1. The van der Waals surface area contributed by atoms with E-state index in [0.29, 0.717) is 0 Å². The maximum atomic E-state index is 11.4. The van der Waals surface area contributed by atoms with Gasteiger partial charge in [0.25, 0.3) is 0 Å². The molecule has 1 aliphatic rings. The van der Waals surface area contributed by atoms with Crippen LogP contribution >= 0.6 is 0 Å². The second kappa shape index (κ2) is 4.81. The molecule has 1 heterocycles. The van der Waals surface area contributed by atoms with E-state index < -0.39 is 27.6 Å². The summed E-state index contributed by atoms with van der Waals surface area (Å²) in [5.74, 6) is -0.204. The van der Waals surface area contributed by atoms with E-state index in [9.17, 15) is 13.2 Å². The molecule has 6 nitrogen and oxygen atoms in total. The molecule has 7 heteroatoms. The van der Waals surface area contributed by atoms with E-state index in [1.54, 1.807) is 20.8 Å². The molecule has 100 valence electrons. The molecule has 1 fully saturated rings. The molecule has 1 rings (SSSR count). The van der Waals surface area contributed by atoms with Crippen molar-refractivity contribution in [2.45, 2.75) is 32.4 Å². The number of hydrogen-bond acceptors (Lipinski definition) is 5. The monoisotopic (exact) mass is 264 g/mol. The largest absolute Gasteiger partial charge is 0.444 e. The topological polar surface area (TPSA) is 98.5 Å². The van der Waals surface area contributed by atoms with Crippen LogP contribution in [0.15, 0.2) is 0 Å². The highest BCUT2D eigenvalue weighted by molar-refractivity contribution is 7.91. The van der Waals surface area contributed by atoms with Gasteiger partial charge in [-0.1, -0.05) is 0 Å². The Bertz CT molecular complexity index is 386. The van der Waals surface area contributed by atoms with Gasteiger partial charge in [0.1, 0.15) is 5.60 Å². The average Bonchev–Trinajstić information content (AvgIpc) is 2.33. The van der Waals surface area contributed by atoms with Crippen LogP contribution in [0.25, 0.3) is 0 Å². The average molecular weight is 264 g/mol. The van der Waals surface area contributed by atoms with E-state index in [1.807, 2.05) is 0 Å². The summed E-state index contributed by atoms with van der Waals surface area (Å²) in [5.41, 5.74) is 5.14. The molecule has 2 atom stereocenters. The number of hydrogen-bond donors (Lipinski definition) is 2. The van der Waals surface area contributed by atoms with Crippen molar-refractivity contribution in [2.75, 3.05) is 18.1 Å². The molecular formula is C10H20N2O4S. The third-order valence-electron chi connectivity index (χ3n) is 2.43. The number of nitrogens with two attached hydrogens (primary N) is 1. The summed E-state index contributed by atoms with van der Waals surface area (Å²) in [7, 11) is -3.04. The number of sulfone groups is 1. The molecule has 0 aromatic rings. The third-order valence-corrected chi connectivity index (χ3v) is 4.26. The van der Waals surface area contributed by atoms with Crippen molar-refractivity contribution in [3.05, 3.63) is 0 Å². The van der Waals surface area contributed by atoms with Gasteiger partial charge in [0.05, 0.1) is 11.5 Å². The van der Waals surface area contributed by atoms with Crippen LogP contribution in [0.4, 0.5) is 4.79 Å². The van der Waals surface area contributed by atoms with Gasteiger partial charge in [0, 0.05) is 18.5 Å². The first-order valence-electron chi connectivity index (χ1n) is 5.52. The molecule has 1 saturated heterocycles. The summed E-state index contributed by atoms with van der Waals surface area (Å²) in [4.78, 5) is 11.4. The van der Waals surface area contributed by atoms with Crippen LogP contribution in [0.1, 0.15) is 20.8 Å². The molecule has 1 aliphatic heterocycles. The van der Waals surface area contributed by atoms with E-state index in [0.717, 1.165) is 0 Å². The summed E-state index contributed by atoms with van der Waals surface area (Å²) in [5, 5.41) is 2.54. The smallest absolute Gasteiger partial charge is 0.407 e. The van der Waals surface area contributed by atoms with Gasteiger partial charge in [-0.25, -0.2) is 13.2 Å². The standard InChI is InChI=1S/C10H20N2O4S/c1-10(2,3)16-9(13)12-4-7-5-17(14,15)6-8(7)11/h7-8H,4-6,11H2,1-3H3,(H,12,13). The van der Waals surface area contributed by atoms with Gasteiger partial charge in [-0.3, -0.25) is 0 Å². The van der Waals surface area contributed by atoms with Crippen molar-refractivity contribution >= 4 is 15.9 Å². The van der Waals surface area contributed by atoms with Crippen molar-refractivity contribution in [3.63, 3.8) is 0 Å². The Morgan fingerprint density at radius 3 is 2.41 bits per heavy atom. The molecule has 0 aromatic carbocycles. The molecule has 0 aliphatic carbocycles. The Hall–Kier alpha value is -0.820. The highest BCUT2D eigenvalue weighted by Crippen LogP contribution is 2.17. The van der Waals surface area contributed by atoms with Gasteiger partial charge < -0.3 is 15.8 Å². The quantitative estimate of drug-likeness (QED) is 0.724. The minimum absolute atomic E-state index is 0.00628.